The fourth-order valence-corrected chi connectivity index (χ4v) is 3.31. The molecule has 0 unspecified atom stereocenters. The predicted octanol–water partition coefficient (Wildman–Crippen LogP) is 1.47. The molecular weight excluding hydrogens is 382 g/mol. The van der Waals surface area contributed by atoms with E-state index in [9.17, 15) is 25.4 Å². The van der Waals surface area contributed by atoms with Gasteiger partial charge in [0.2, 0.25) is 0 Å². The summed E-state index contributed by atoms with van der Waals surface area (Å²) in [5.74, 6) is -0.246. The van der Waals surface area contributed by atoms with E-state index in [1.807, 2.05) is 0 Å². The van der Waals surface area contributed by atoms with Gasteiger partial charge in [-0.25, -0.2) is 4.98 Å². The van der Waals surface area contributed by atoms with Gasteiger partial charge in [0, 0.05) is 5.02 Å². The number of aliphatic hydroxyl groups excluding tert-OH is 3. The van der Waals surface area contributed by atoms with Gasteiger partial charge in [-0.1, -0.05) is 11.6 Å². The highest BCUT2D eigenvalue weighted by atomic mass is 35.5. The summed E-state index contributed by atoms with van der Waals surface area (Å²) < 4.78 is 12.3. The van der Waals surface area contributed by atoms with E-state index < -0.39 is 42.0 Å². The zero-order valence-corrected chi connectivity index (χ0v) is 14.4. The largest absolute Gasteiger partial charge is 0.433 e. The van der Waals surface area contributed by atoms with Crippen LogP contribution >= 0.6 is 11.6 Å². The van der Waals surface area contributed by atoms with Gasteiger partial charge in [0.1, 0.15) is 23.2 Å². The SMILES string of the molecule is O=[N+]([O-])c1ccc(-c2nc3cc(Cl)ccc3n2[C@H]2O[C@@H](CO)[C@H](O)[C@@H]2O)o1. The van der Waals surface area contributed by atoms with Crippen molar-refractivity contribution >= 4 is 28.5 Å². The average molecular weight is 396 g/mol. The van der Waals surface area contributed by atoms with E-state index in [2.05, 4.69) is 4.98 Å². The number of aromatic nitrogens is 2. The lowest BCUT2D eigenvalue weighted by molar-refractivity contribution is -0.401. The summed E-state index contributed by atoms with van der Waals surface area (Å²) in [4.78, 5) is 14.6. The number of nitrogens with zero attached hydrogens (tertiary/aromatic N) is 3. The molecule has 0 spiro atoms. The van der Waals surface area contributed by atoms with Gasteiger partial charge < -0.3 is 24.5 Å². The molecule has 1 fully saturated rings. The normalized spacial score (nSPS) is 25.3. The maximum Gasteiger partial charge on any atom is 0.433 e. The molecule has 0 radical (unpaired) electrons. The summed E-state index contributed by atoms with van der Waals surface area (Å²) in [5.41, 5.74) is 0.942. The maximum absolute atomic E-state index is 10.9. The lowest BCUT2D eigenvalue weighted by Gasteiger charge is -2.19. The molecule has 1 aliphatic heterocycles. The van der Waals surface area contributed by atoms with Gasteiger partial charge in [-0.3, -0.25) is 14.7 Å². The van der Waals surface area contributed by atoms with Crippen LogP contribution in [0.4, 0.5) is 5.88 Å². The Bertz CT molecular complexity index is 1020. The van der Waals surface area contributed by atoms with Crippen LogP contribution in [-0.2, 0) is 4.74 Å². The second-order valence-corrected chi connectivity index (χ2v) is 6.50. The summed E-state index contributed by atoms with van der Waals surface area (Å²) in [6.07, 6.45) is -4.77. The summed E-state index contributed by atoms with van der Waals surface area (Å²) in [6, 6.07) is 7.38. The smallest absolute Gasteiger partial charge is 0.397 e. The van der Waals surface area contributed by atoms with Crippen LogP contribution in [-0.4, -0.2) is 54.7 Å². The second kappa shape index (κ2) is 6.59. The molecule has 0 saturated carbocycles. The molecule has 11 heteroatoms. The Kier molecular flexibility index (Phi) is 4.36. The van der Waals surface area contributed by atoms with Crippen LogP contribution in [0.3, 0.4) is 0 Å². The molecule has 27 heavy (non-hydrogen) atoms. The van der Waals surface area contributed by atoms with Crippen molar-refractivity contribution in [1.29, 1.82) is 0 Å². The minimum atomic E-state index is -1.36. The molecular formula is C16H14ClN3O7. The number of hydrogen-bond acceptors (Lipinski definition) is 8. The molecule has 2 aromatic heterocycles. The molecule has 0 amide bonds. The van der Waals surface area contributed by atoms with Crippen LogP contribution in [0.25, 0.3) is 22.6 Å². The molecule has 1 saturated heterocycles. The monoisotopic (exact) mass is 395 g/mol. The molecule has 142 valence electrons. The number of imidazole rings is 1. The van der Waals surface area contributed by atoms with Gasteiger partial charge >= 0.3 is 5.88 Å². The van der Waals surface area contributed by atoms with Gasteiger partial charge in [0.05, 0.1) is 23.7 Å². The zero-order chi connectivity index (χ0) is 19.3. The minimum Gasteiger partial charge on any atom is -0.397 e. The van der Waals surface area contributed by atoms with Gasteiger partial charge in [0.25, 0.3) is 0 Å². The fraction of sp³-hybridized carbons (Fsp3) is 0.312. The van der Waals surface area contributed by atoms with Crippen LogP contribution < -0.4 is 0 Å². The predicted molar refractivity (Wildman–Crippen MR) is 92.1 cm³/mol. The van der Waals surface area contributed by atoms with Crippen molar-refractivity contribution in [3.8, 4) is 11.6 Å². The number of fused-ring (bicyclic) bond motifs is 1. The quantitative estimate of drug-likeness (QED) is 0.445. The van der Waals surface area contributed by atoms with E-state index in [4.69, 9.17) is 20.8 Å². The highest BCUT2D eigenvalue weighted by Crippen LogP contribution is 2.38. The Morgan fingerprint density at radius 3 is 2.67 bits per heavy atom. The van der Waals surface area contributed by atoms with Crippen molar-refractivity contribution < 1.29 is 29.4 Å². The van der Waals surface area contributed by atoms with Crippen molar-refractivity contribution in [1.82, 2.24) is 9.55 Å². The number of halogens is 1. The van der Waals surface area contributed by atoms with Crippen molar-refractivity contribution in [2.45, 2.75) is 24.5 Å². The van der Waals surface area contributed by atoms with E-state index in [1.165, 1.54) is 16.7 Å². The van der Waals surface area contributed by atoms with Crippen LogP contribution in [0.5, 0.6) is 0 Å². The number of furan rings is 1. The molecule has 10 nitrogen and oxygen atoms in total. The first-order valence-corrected chi connectivity index (χ1v) is 8.33. The van der Waals surface area contributed by atoms with E-state index in [0.717, 1.165) is 0 Å². The lowest BCUT2D eigenvalue weighted by Crippen LogP contribution is -2.33. The van der Waals surface area contributed by atoms with Gasteiger partial charge in [-0.15, -0.1) is 0 Å². The third-order valence-corrected chi connectivity index (χ3v) is 4.65. The zero-order valence-electron chi connectivity index (χ0n) is 13.6. The van der Waals surface area contributed by atoms with Crippen LogP contribution in [0.15, 0.2) is 34.7 Å². The third kappa shape index (κ3) is 2.87. The van der Waals surface area contributed by atoms with Crippen molar-refractivity contribution in [3.63, 3.8) is 0 Å². The number of nitro groups is 1. The Morgan fingerprint density at radius 2 is 2.04 bits per heavy atom. The van der Waals surface area contributed by atoms with E-state index in [1.54, 1.807) is 18.2 Å². The summed E-state index contributed by atoms with van der Waals surface area (Å²) >= 11 is 6.01. The highest BCUT2D eigenvalue weighted by Gasteiger charge is 2.45. The van der Waals surface area contributed by atoms with Crippen molar-refractivity contribution in [2.24, 2.45) is 0 Å². The number of benzene rings is 1. The molecule has 3 N–H and O–H groups in total. The number of ether oxygens (including phenoxy) is 1. The van der Waals surface area contributed by atoms with E-state index in [-0.39, 0.29) is 11.6 Å². The standard InChI is InChI=1S/C16H14ClN3O7/c17-7-1-2-9-8(5-7)18-15(10-3-4-12(26-10)20(24)25)19(9)16-14(23)13(22)11(6-21)27-16/h1-5,11,13-14,16,21-23H,6H2/t11-,13-,14-,16-/m0/s1. The fourth-order valence-electron chi connectivity index (χ4n) is 3.14. The second-order valence-electron chi connectivity index (χ2n) is 6.06. The van der Waals surface area contributed by atoms with Crippen LogP contribution in [0.1, 0.15) is 6.23 Å². The Hall–Kier alpha value is -2.50. The van der Waals surface area contributed by atoms with Crippen molar-refractivity contribution in [3.05, 3.63) is 45.5 Å². The molecule has 1 aromatic carbocycles. The van der Waals surface area contributed by atoms with Gasteiger partial charge in [0.15, 0.2) is 17.8 Å². The molecule has 3 aromatic rings. The first-order chi connectivity index (χ1) is 12.9. The number of rotatable bonds is 4. The summed E-state index contributed by atoms with van der Waals surface area (Å²) in [5, 5.41) is 41.2. The van der Waals surface area contributed by atoms with Gasteiger partial charge in [-0.2, -0.15) is 0 Å². The first kappa shape index (κ1) is 17.9. The number of hydrogen-bond donors (Lipinski definition) is 3. The summed E-state index contributed by atoms with van der Waals surface area (Å²) in [6.45, 7) is -0.491. The molecule has 1 aliphatic rings. The first-order valence-electron chi connectivity index (χ1n) is 7.95. The summed E-state index contributed by atoms with van der Waals surface area (Å²) in [7, 11) is 0. The van der Waals surface area contributed by atoms with Crippen LogP contribution in [0, 0.1) is 10.1 Å². The Balaban J connectivity index is 1.90. The average Bonchev–Trinajstić information content (AvgIpc) is 3.32. The topological polar surface area (TPSA) is 144 Å². The molecule has 4 atom stereocenters. The molecule has 0 aliphatic carbocycles. The molecule has 3 heterocycles. The van der Waals surface area contributed by atoms with Crippen LogP contribution in [0.2, 0.25) is 5.02 Å². The van der Waals surface area contributed by atoms with Gasteiger partial charge in [-0.05, 0) is 24.3 Å². The third-order valence-electron chi connectivity index (χ3n) is 4.42. The lowest BCUT2D eigenvalue weighted by atomic mass is 10.1. The molecule has 0 bridgehead atoms. The highest BCUT2D eigenvalue weighted by molar-refractivity contribution is 6.31. The number of aliphatic hydroxyl groups is 3. The minimum absolute atomic E-state index is 0.0757. The maximum atomic E-state index is 10.9. The van der Waals surface area contributed by atoms with E-state index >= 15 is 0 Å². The Labute approximate surface area is 156 Å². The molecule has 4 rings (SSSR count). The van der Waals surface area contributed by atoms with E-state index in [0.29, 0.717) is 16.1 Å². The Morgan fingerprint density at radius 1 is 1.26 bits per heavy atom. The van der Waals surface area contributed by atoms with Crippen molar-refractivity contribution in [2.75, 3.05) is 6.61 Å².